The Labute approximate surface area is 149 Å². The third kappa shape index (κ3) is 4.12. The van der Waals surface area contributed by atoms with E-state index in [0.29, 0.717) is 17.0 Å². The number of allylic oxidation sites excluding steroid dienone is 1. The Morgan fingerprint density at radius 3 is 1.96 bits per heavy atom. The first-order chi connectivity index (χ1) is 11.9. The highest BCUT2D eigenvalue weighted by molar-refractivity contribution is 6.22. The van der Waals surface area contributed by atoms with Gasteiger partial charge in [0.15, 0.2) is 5.60 Å². The molecule has 25 heavy (non-hydrogen) atoms. The molecule has 0 spiro atoms. The predicted octanol–water partition coefficient (Wildman–Crippen LogP) is 4.57. The minimum absolute atomic E-state index is 0.0536. The van der Waals surface area contributed by atoms with Gasteiger partial charge in [-0.1, -0.05) is 80.6 Å². The van der Waals surface area contributed by atoms with Crippen molar-refractivity contribution in [2.45, 2.75) is 38.7 Å². The van der Waals surface area contributed by atoms with Gasteiger partial charge in [-0.3, -0.25) is 9.59 Å². The second kappa shape index (κ2) is 8.04. The number of hydrogen-bond acceptors (Lipinski definition) is 3. The quantitative estimate of drug-likeness (QED) is 0.458. The van der Waals surface area contributed by atoms with Crippen molar-refractivity contribution >= 4 is 11.6 Å². The second-order valence-corrected chi connectivity index (χ2v) is 6.43. The van der Waals surface area contributed by atoms with Crippen LogP contribution in [0.3, 0.4) is 0 Å². The summed E-state index contributed by atoms with van der Waals surface area (Å²) >= 11 is 0. The minimum atomic E-state index is -2.10. The summed E-state index contributed by atoms with van der Waals surface area (Å²) in [6.45, 7) is 5.92. The number of rotatable bonds is 7. The Hall–Kier alpha value is -2.52. The van der Waals surface area contributed by atoms with Crippen molar-refractivity contribution in [1.82, 2.24) is 0 Å². The molecular formula is C22H24O3. The molecule has 1 atom stereocenters. The summed E-state index contributed by atoms with van der Waals surface area (Å²) < 4.78 is 0. The maximum absolute atomic E-state index is 13.0. The molecule has 0 saturated carbocycles. The summed E-state index contributed by atoms with van der Waals surface area (Å²) in [6.07, 6.45) is 3.31. The van der Waals surface area contributed by atoms with Crippen LogP contribution in [0.2, 0.25) is 0 Å². The van der Waals surface area contributed by atoms with Crippen molar-refractivity contribution in [1.29, 1.82) is 0 Å². The van der Waals surface area contributed by atoms with Crippen molar-refractivity contribution in [3.05, 3.63) is 83.4 Å². The highest BCUT2D eigenvalue weighted by Crippen LogP contribution is 2.25. The normalized spacial score (nSPS) is 13.8. The molecule has 0 aliphatic heterocycles. The number of benzene rings is 2. The standard InChI is InChI=1S/C22H24O3/c1-4-5-15-22(25,20(23)18-9-7-6-8-10-18)21(24)19-13-11-17(12-14-19)16(2)3/h4-14,16,25H,15H2,1-3H3. The molecular weight excluding hydrogens is 312 g/mol. The molecule has 0 aliphatic rings. The van der Waals surface area contributed by atoms with Gasteiger partial charge in [0.2, 0.25) is 11.6 Å². The van der Waals surface area contributed by atoms with Crippen LogP contribution in [0, 0.1) is 0 Å². The van der Waals surface area contributed by atoms with Crippen molar-refractivity contribution in [3.63, 3.8) is 0 Å². The molecule has 2 aromatic rings. The highest BCUT2D eigenvalue weighted by Gasteiger charge is 2.43. The maximum atomic E-state index is 13.0. The summed E-state index contributed by atoms with van der Waals surface area (Å²) in [5.41, 5.74) is -0.349. The first-order valence-corrected chi connectivity index (χ1v) is 8.48. The maximum Gasteiger partial charge on any atom is 0.202 e. The molecule has 0 fully saturated rings. The van der Waals surface area contributed by atoms with E-state index >= 15 is 0 Å². The van der Waals surface area contributed by atoms with E-state index in [0.717, 1.165) is 5.56 Å². The Balaban J connectivity index is 2.41. The van der Waals surface area contributed by atoms with Crippen molar-refractivity contribution in [3.8, 4) is 0 Å². The van der Waals surface area contributed by atoms with E-state index in [1.165, 1.54) is 0 Å². The molecule has 1 N–H and O–H groups in total. The van der Waals surface area contributed by atoms with Crippen LogP contribution in [0.15, 0.2) is 66.7 Å². The van der Waals surface area contributed by atoms with Gasteiger partial charge in [0.25, 0.3) is 0 Å². The Bertz CT molecular complexity index is 758. The number of aliphatic hydroxyl groups is 1. The number of carbonyl (C=O) groups excluding carboxylic acids is 2. The second-order valence-electron chi connectivity index (χ2n) is 6.43. The van der Waals surface area contributed by atoms with Gasteiger partial charge in [-0.25, -0.2) is 0 Å². The lowest BCUT2D eigenvalue weighted by atomic mass is 9.82. The number of Topliss-reactive ketones (excluding diaryl/α,β-unsaturated/α-hetero) is 2. The van der Waals surface area contributed by atoms with Crippen LogP contribution in [0.25, 0.3) is 0 Å². The number of carbonyl (C=O) groups is 2. The first kappa shape index (κ1) is 18.8. The average Bonchev–Trinajstić information content (AvgIpc) is 2.65. The van der Waals surface area contributed by atoms with Gasteiger partial charge in [0.1, 0.15) is 0 Å². The van der Waals surface area contributed by atoms with Crippen LogP contribution in [-0.4, -0.2) is 22.3 Å². The monoisotopic (exact) mass is 336 g/mol. The van der Waals surface area contributed by atoms with Crippen molar-refractivity contribution in [2.24, 2.45) is 0 Å². The Kier molecular flexibility index (Phi) is 6.05. The van der Waals surface area contributed by atoms with E-state index in [1.54, 1.807) is 61.5 Å². The molecule has 0 heterocycles. The van der Waals surface area contributed by atoms with Gasteiger partial charge in [-0.05, 0) is 18.4 Å². The van der Waals surface area contributed by atoms with Gasteiger partial charge in [0, 0.05) is 17.5 Å². The molecule has 0 aliphatic carbocycles. The van der Waals surface area contributed by atoms with Gasteiger partial charge >= 0.3 is 0 Å². The van der Waals surface area contributed by atoms with Gasteiger partial charge in [-0.2, -0.15) is 0 Å². The zero-order valence-corrected chi connectivity index (χ0v) is 14.9. The molecule has 3 heteroatoms. The predicted molar refractivity (Wildman–Crippen MR) is 100 cm³/mol. The molecule has 0 saturated heterocycles. The SMILES string of the molecule is CC=CCC(O)(C(=O)c1ccccc1)C(=O)c1ccc(C(C)C)cc1. The van der Waals surface area contributed by atoms with E-state index in [-0.39, 0.29) is 6.42 Å². The molecule has 3 nitrogen and oxygen atoms in total. The molecule has 0 radical (unpaired) electrons. The third-order valence-electron chi connectivity index (χ3n) is 4.28. The van der Waals surface area contributed by atoms with Crippen LogP contribution < -0.4 is 0 Å². The summed E-state index contributed by atoms with van der Waals surface area (Å²) in [4.78, 5) is 25.8. The molecule has 0 amide bonds. The van der Waals surface area contributed by atoms with Crippen LogP contribution >= 0.6 is 0 Å². The largest absolute Gasteiger partial charge is 0.374 e. The van der Waals surface area contributed by atoms with E-state index in [9.17, 15) is 14.7 Å². The van der Waals surface area contributed by atoms with Gasteiger partial charge < -0.3 is 5.11 Å². The van der Waals surface area contributed by atoms with Crippen LogP contribution in [0.5, 0.6) is 0 Å². The minimum Gasteiger partial charge on any atom is -0.374 e. The fourth-order valence-corrected chi connectivity index (χ4v) is 2.66. The molecule has 130 valence electrons. The zero-order valence-electron chi connectivity index (χ0n) is 14.9. The van der Waals surface area contributed by atoms with Crippen molar-refractivity contribution in [2.75, 3.05) is 0 Å². The summed E-state index contributed by atoms with van der Waals surface area (Å²) in [5, 5.41) is 11.0. The third-order valence-corrected chi connectivity index (χ3v) is 4.28. The first-order valence-electron chi connectivity index (χ1n) is 8.48. The van der Waals surface area contributed by atoms with Crippen LogP contribution in [0.4, 0.5) is 0 Å². The summed E-state index contributed by atoms with van der Waals surface area (Å²) in [6, 6.07) is 15.5. The van der Waals surface area contributed by atoms with E-state index in [4.69, 9.17) is 0 Å². The lowest BCUT2D eigenvalue weighted by molar-refractivity contribution is 0.0304. The smallest absolute Gasteiger partial charge is 0.202 e. The van der Waals surface area contributed by atoms with Crippen LogP contribution in [0.1, 0.15) is 59.4 Å². The highest BCUT2D eigenvalue weighted by atomic mass is 16.3. The molecule has 0 bridgehead atoms. The lowest BCUT2D eigenvalue weighted by Crippen LogP contribution is -2.46. The van der Waals surface area contributed by atoms with E-state index in [1.807, 2.05) is 12.1 Å². The summed E-state index contributed by atoms with van der Waals surface area (Å²) in [5.74, 6) is -0.809. The fraction of sp³-hybridized carbons (Fsp3) is 0.273. The van der Waals surface area contributed by atoms with Gasteiger partial charge in [-0.15, -0.1) is 0 Å². The van der Waals surface area contributed by atoms with E-state index < -0.39 is 17.2 Å². The zero-order chi connectivity index (χ0) is 18.4. The molecule has 2 aromatic carbocycles. The molecule has 2 rings (SSSR count). The fourth-order valence-electron chi connectivity index (χ4n) is 2.66. The Morgan fingerprint density at radius 2 is 1.48 bits per heavy atom. The summed E-state index contributed by atoms with van der Waals surface area (Å²) in [7, 11) is 0. The van der Waals surface area contributed by atoms with Gasteiger partial charge in [0.05, 0.1) is 0 Å². The number of hydrogen-bond donors (Lipinski definition) is 1. The average molecular weight is 336 g/mol. The van der Waals surface area contributed by atoms with Crippen molar-refractivity contribution < 1.29 is 14.7 Å². The molecule has 0 aromatic heterocycles. The molecule has 1 unspecified atom stereocenters. The lowest BCUT2D eigenvalue weighted by Gasteiger charge is -2.24. The Morgan fingerprint density at radius 1 is 0.960 bits per heavy atom. The number of ketones is 2. The van der Waals surface area contributed by atoms with Crippen LogP contribution in [-0.2, 0) is 0 Å². The topological polar surface area (TPSA) is 54.4 Å². The van der Waals surface area contributed by atoms with E-state index in [2.05, 4.69) is 13.8 Å².